The Hall–Kier alpha value is -2.21. The van der Waals surface area contributed by atoms with Gasteiger partial charge < -0.3 is 14.7 Å². The second-order valence-electron chi connectivity index (χ2n) is 7.72. The van der Waals surface area contributed by atoms with Crippen LogP contribution in [0, 0.1) is 6.92 Å². The molecule has 0 unspecified atom stereocenters. The lowest BCUT2D eigenvalue weighted by molar-refractivity contribution is 0.139. The van der Waals surface area contributed by atoms with Crippen molar-refractivity contribution in [2.24, 2.45) is 0 Å². The number of aromatic amines is 1. The van der Waals surface area contributed by atoms with Crippen molar-refractivity contribution in [2.75, 3.05) is 6.54 Å². The number of nitrogens with one attached hydrogen (secondary N) is 1. The maximum atomic E-state index is 11.3. The number of carboxylic acid groups (broad SMARTS) is 1. The van der Waals surface area contributed by atoms with Crippen molar-refractivity contribution in [1.29, 1.82) is 0 Å². The summed E-state index contributed by atoms with van der Waals surface area (Å²) in [6.07, 6.45) is -0.269. The molecule has 1 aliphatic heterocycles. The van der Waals surface area contributed by atoms with Gasteiger partial charge in [0.1, 0.15) is 18.1 Å². The molecule has 6 nitrogen and oxygen atoms in total. The summed E-state index contributed by atoms with van der Waals surface area (Å²) in [5.41, 5.74) is 4.53. The van der Waals surface area contributed by atoms with Crippen molar-refractivity contribution >= 4 is 17.7 Å². The lowest BCUT2D eigenvalue weighted by atomic mass is 9.86. The molecule has 2 aromatic rings. The number of nitrogens with zero attached hydrogens (tertiary/aromatic N) is 2. The van der Waals surface area contributed by atoms with Crippen molar-refractivity contribution in [1.82, 2.24) is 15.1 Å². The molecular weight excluding hydrogens is 354 g/mol. The average Bonchev–Trinajstić information content (AvgIpc) is 2.96. The number of H-pyrrole nitrogens is 1. The zero-order valence-corrected chi connectivity index (χ0v) is 16.3. The molecule has 0 saturated carbocycles. The average molecular weight is 378 g/mol. The van der Waals surface area contributed by atoms with Crippen molar-refractivity contribution in [3.8, 4) is 5.75 Å². The highest BCUT2D eigenvalue weighted by atomic mass is 35.5. The second-order valence-corrected chi connectivity index (χ2v) is 8.12. The van der Waals surface area contributed by atoms with Crippen LogP contribution in [0.25, 0.3) is 0 Å². The maximum absolute atomic E-state index is 11.3. The van der Waals surface area contributed by atoms with Crippen molar-refractivity contribution < 1.29 is 14.6 Å². The largest absolute Gasteiger partial charge is 0.487 e. The van der Waals surface area contributed by atoms with E-state index in [0.717, 1.165) is 38.9 Å². The molecule has 140 valence electrons. The molecule has 0 fully saturated rings. The summed E-state index contributed by atoms with van der Waals surface area (Å²) >= 11 is 6.30. The standard InChI is InChI=1S/C19H24ClN3O3/c1-11-7-17(13(8-14(11)20)19(2,3)4)26-10-16-12-9-23(18(24)25)6-5-15(12)21-22-16/h7-8H,5-6,9-10H2,1-4H3,(H,21,22)(H,24,25). The number of fused-ring (bicyclic) bond motifs is 1. The second kappa shape index (κ2) is 6.83. The highest BCUT2D eigenvalue weighted by molar-refractivity contribution is 6.31. The molecule has 0 aliphatic carbocycles. The van der Waals surface area contributed by atoms with E-state index in [1.165, 1.54) is 4.90 Å². The summed E-state index contributed by atoms with van der Waals surface area (Å²) in [5.74, 6) is 0.780. The van der Waals surface area contributed by atoms with E-state index >= 15 is 0 Å². The summed E-state index contributed by atoms with van der Waals surface area (Å²) < 4.78 is 6.10. The lowest BCUT2D eigenvalue weighted by Gasteiger charge is -2.25. The van der Waals surface area contributed by atoms with E-state index in [1.807, 2.05) is 19.1 Å². The molecule has 2 heterocycles. The van der Waals surface area contributed by atoms with Crippen LogP contribution in [0.4, 0.5) is 4.79 Å². The Morgan fingerprint density at radius 1 is 1.42 bits per heavy atom. The molecule has 1 amide bonds. The predicted octanol–water partition coefficient (Wildman–Crippen LogP) is 4.28. The van der Waals surface area contributed by atoms with Gasteiger partial charge in [-0.3, -0.25) is 5.10 Å². The number of aromatic nitrogens is 2. The van der Waals surface area contributed by atoms with Gasteiger partial charge in [0.05, 0.1) is 6.54 Å². The SMILES string of the molecule is Cc1cc(OCc2n[nH]c3c2CN(C(=O)O)CC3)c(C(C)(C)C)cc1Cl. The van der Waals surface area contributed by atoms with E-state index in [0.29, 0.717) is 19.5 Å². The highest BCUT2D eigenvalue weighted by Gasteiger charge is 2.26. The van der Waals surface area contributed by atoms with Crippen LogP contribution in [0.3, 0.4) is 0 Å². The van der Waals surface area contributed by atoms with Gasteiger partial charge in [-0.15, -0.1) is 0 Å². The monoisotopic (exact) mass is 377 g/mol. The molecule has 1 aliphatic rings. The van der Waals surface area contributed by atoms with Gasteiger partial charge in [0.25, 0.3) is 0 Å². The van der Waals surface area contributed by atoms with Crippen LogP contribution < -0.4 is 4.74 Å². The Morgan fingerprint density at radius 2 is 2.15 bits per heavy atom. The van der Waals surface area contributed by atoms with Crippen LogP contribution in [0.15, 0.2) is 12.1 Å². The van der Waals surface area contributed by atoms with Gasteiger partial charge in [-0.25, -0.2) is 4.79 Å². The van der Waals surface area contributed by atoms with Gasteiger partial charge in [0.15, 0.2) is 0 Å². The van der Waals surface area contributed by atoms with E-state index < -0.39 is 6.09 Å². The minimum Gasteiger partial charge on any atom is -0.487 e. The lowest BCUT2D eigenvalue weighted by Crippen LogP contribution is -2.34. The number of ether oxygens (including phenoxy) is 1. The molecule has 2 N–H and O–H groups in total. The zero-order valence-electron chi connectivity index (χ0n) is 15.5. The molecule has 0 radical (unpaired) electrons. The maximum Gasteiger partial charge on any atom is 0.407 e. The van der Waals surface area contributed by atoms with Gasteiger partial charge in [0, 0.05) is 34.8 Å². The molecule has 0 atom stereocenters. The van der Waals surface area contributed by atoms with Gasteiger partial charge in [0.2, 0.25) is 0 Å². The highest BCUT2D eigenvalue weighted by Crippen LogP contribution is 2.36. The summed E-state index contributed by atoms with van der Waals surface area (Å²) in [4.78, 5) is 12.6. The number of amides is 1. The van der Waals surface area contributed by atoms with E-state index in [1.54, 1.807) is 0 Å². The molecule has 7 heteroatoms. The molecule has 1 aromatic carbocycles. The van der Waals surface area contributed by atoms with E-state index in [9.17, 15) is 9.90 Å². The van der Waals surface area contributed by atoms with Gasteiger partial charge in [-0.05, 0) is 30.0 Å². The first-order valence-electron chi connectivity index (χ1n) is 8.63. The minimum atomic E-state index is -0.910. The number of benzene rings is 1. The normalized spacial score (nSPS) is 14.3. The van der Waals surface area contributed by atoms with Crippen LogP contribution in [-0.2, 0) is 25.0 Å². The number of aryl methyl sites for hydroxylation is 1. The first kappa shape index (κ1) is 18.6. The number of carbonyl (C=O) groups is 1. The number of hydrogen-bond donors (Lipinski definition) is 2. The van der Waals surface area contributed by atoms with Crippen LogP contribution in [0.5, 0.6) is 5.75 Å². The van der Waals surface area contributed by atoms with Crippen LogP contribution in [-0.4, -0.2) is 32.8 Å². The first-order valence-corrected chi connectivity index (χ1v) is 9.01. The predicted molar refractivity (Wildman–Crippen MR) is 99.9 cm³/mol. The molecule has 0 spiro atoms. The smallest absolute Gasteiger partial charge is 0.407 e. The van der Waals surface area contributed by atoms with Crippen LogP contribution in [0.1, 0.15) is 48.8 Å². The Balaban J connectivity index is 1.84. The Bertz CT molecular complexity index is 839. The molecule has 3 rings (SSSR count). The molecule has 26 heavy (non-hydrogen) atoms. The van der Waals surface area contributed by atoms with Gasteiger partial charge in [-0.2, -0.15) is 5.10 Å². The number of hydrogen-bond acceptors (Lipinski definition) is 3. The van der Waals surface area contributed by atoms with Crippen molar-refractivity contribution in [3.05, 3.63) is 45.2 Å². The third-order valence-electron chi connectivity index (χ3n) is 4.72. The summed E-state index contributed by atoms with van der Waals surface area (Å²) in [6, 6.07) is 3.91. The Kier molecular flexibility index (Phi) is 4.88. The fraction of sp³-hybridized carbons (Fsp3) is 0.474. The molecule has 0 saturated heterocycles. The molecule has 0 bridgehead atoms. The third kappa shape index (κ3) is 3.65. The number of halogens is 1. The van der Waals surface area contributed by atoms with Crippen LogP contribution in [0.2, 0.25) is 5.02 Å². The van der Waals surface area contributed by atoms with Crippen molar-refractivity contribution in [2.45, 2.75) is 52.7 Å². The molecular formula is C19H24ClN3O3. The van der Waals surface area contributed by atoms with Crippen LogP contribution >= 0.6 is 11.6 Å². The fourth-order valence-corrected chi connectivity index (χ4v) is 3.31. The Labute approximate surface area is 158 Å². The fourth-order valence-electron chi connectivity index (χ4n) is 3.14. The first-order chi connectivity index (χ1) is 12.2. The molecule has 1 aromatic heterocycles. The van der Waals surface area contributed by atoms with Crippen molar-refractivity contribution in [3.63, 3.8) is 0 Å². The topological polar surface area (TPSA) is 78.5 Å². The van der Waals surface area contributed by atoms with Gasteiger partial charge in [-0.1, -0.05) is 32.4 Å². The quantitative estimate of drug-likeness (QED) is 0.836. The van der Waals surface area contributed by atoms with E-state index in [2.05, 4.69) is 31.0 Å². The third-order valence-corrected chi connectivity index (χ3v) is 5.13. The zero-order chi connectivity index (χ0) is 19.1. The summed E-state index contributed by atoms with van der Waals surface area (Å²) in [7, 11) is 0. The van der Waals surface area contributed by atoms with E-state index in [4.69, 9.17) is 16.3 Å². The van der Waals surface area contributed by atoms with E-state index in [-0.39, 0.29) is 12.0 Å². The Morgan fingerprint density at radius 3 is 2.81 bits per heavy atom. The number of rotatable bonds is 3. The minimum absolute atomic E-state index is 0.113. The summed E-state index contributed by atoms with van der Waals surface area (Å²) in [5, 5.41) is 17.3. The van der Waals surface area contributed by atoms with Gasteiger partial charge >= 0.3 is 6.09 Å². The summed E-state index contributed by atoms with van der Waals surface area (Å²) in [6.45, 7) is 9.39.